The van der Waals surface area contributed by atoms with Crippen LogP contribution in [0.15, 0.2) is 48.2 Å². The SMILES string of the molecule is O=C(CC1=CCCCC1)Nc1ccccc1-n1ccc(C(=O)O)n1. The molecule has 0 radical (unpaired) electrons. The summed E-state index contributed by atoms with van der Waals surface area (Å²) in [4.78, 5) is 23.3. The van der Waals surface area contributed by atoms with Crippen LogP contribution in [0.5, 0.6) is 0 Å². The predicted octanol–water partition coefficient (Wildman–Crippen LogP) is 3.40. The number of nitrogens with one attached hydrogen (secondary N) is 1. The van der Waals surface area contributed by atoms with Crippen molar-refractivity contribution in [2.45, 2.75) is 32.1 Å². The highest BCUT2D eigenvalue weighted by molar-refractivity contribution is 5.94. The number of carboxylic acid groups (broad SMARTS) is 1. The predicted molar refractivity (Wildman–Crippen MR) is 90.3 cm³/mol. The Morgan fingerprint density at radius 3 is 2.75 bits per heavy atom. The Labute approximate surface area is 139 Å². The lowest BCUT2D eigenvalue weighted by Crippen LogP contribution is -2.15. The van der Waals surface area contributed by atoms with E-state index in [0.717, 1.165) is 19.3 Å². The number of allylic oxidation sites excluding steroid dienone is 1. The molecule has 3 rings (SSSR count). The molecule has 1 aromatic carbocycles. The van der Waals surface area contributed by atoms with Gasteiger partial charge in [0.25, 0.3) is 0 Å². The van der Waals surface area contributed by atoms with E-state index >= 15 is 0 Å². The van der Waals surface area contributed by atoms with Crippen molar-refractivity contribution in [1.29, 1.82) is 0 Å². The van der Waals surface area contributed by atoms with Gasteiger partial charge in [-0.25, -0.2) is 9.48 Å². The number of hydrogen-bond acceptors (Lipinski definition) is 3. The third-order valence-corrected chi connectivity index (χ3v) is 4.01. The van der Waals surface area contributed by atoms with Gasteiger partial charge >= 0.3 is 5.97 Å². The molecule has 24 heavy (non-hydrogen) atoms. The molecular formula is C18H19N3O3. The van der Waals surface area contributed by atoms with Crippen LogP contribution in [-0.2, 0) is 4.79 Å². The zero-order valence-electron chi connectivity index (χ0n) is 13.2. The monoisotopic (exact) mass is 325 g/mol. The fraction of sp³-hybridized carbons (Fsp3) is 0.278. The molecule has 2 aromatic rings. The molecule has 6 nitrogen and oxygen atoms in total. The average molecular weight is 325 g/mol. The molecule has 1 aromatic heterocycles. The summed E-state index contributed by atoms with van der Waals surface area (Å²) in [5.41, 5.74) is 2.39. The van der Waals surface area contributed by atoms with E-state index in [9.17, 15) is 9.59 Å². The Kier molecular flexibility index (Phi) is 4.74. The third kappa shape index (κ3) is 3.71. The Balaban J connectivity index is 1.77. The molecule has 0 fully saturated rings. The molecule has 124 valence electrons. The van der Waals surface area contributed by atoms with Crippen LogP contribution in [0.25, 0.3) is 5.69 Å². The fourth-order valence-corrected chi connectivity index (χ4v) is 2.82. The summed E-state index contributed by atoms with van der Waals surface area (Å²) < 4.78 is 1.46. The number of benzene rings is 1. The number of carbonyl (C=O) groups is 2. The van der Waals surface area contributed by atoms with Gasteiger partial charge in [-0.3, -0.25) is 4.79 Å². The Morgan fingerprint density at radius 2 is 2.04 bits per heavy atom. The minimum Gasteiger partial charge on any atom is -0.476 e. The number of hydrogen-bond donors (Lipinski definition) is 2. The molecule has 1 amide bonds. The molecule has 0 atom stereocenters. The van der Waals surface area contributed by atoms with Crippen molar-refractivity contribution >= 4 is 17.6 Å². The Bertz CT molecular complexity index is 792. The second-order valence-electron chi connectivity index (χ2n) is 5.80. The molecule has 2 N–H and O–H groups in total. The average Bonchev–Trinajstić information content (AvgIpc) is 3.06. The lowest BCUT2D eigenvalue weighted by Gasteiger charge is -2.14. The van der Waals surface area contributed by atoms with Crippen molar-refractivity contribution < 1.29 is 14.7 Å². The highest BCUT2D eigenvalue weighted by atomic mass is 16.4. The lowest BCUT2D eigenvalue weighted by molar-refractivity contribution is -0.115. The largest absolute Gasteiger partial charge is 0.476 e. The summed E-state index contributed by atoms with van der Waals surface area (Å²) in [7, 11) is 0. The maximum absolute atomic E-state index is 12.3. The van der Waals surface area contributed by atoms with Crippen molar-refractivity contribution in [2.24, 2.45) is 0 Å². The molecule has 0 saturated carbocycles. The minimum atomic E-state index is -1.08. The number of para-hydroxylation sites is 2. The number of anilines is 1. The van der Waals surface area contributed by atoms with E-state index in [1.807, 2.05) is 12.1 Å². The first-order valence-electron chi connectivity index (χ1n) is 7.99. The molecule has 0 saturated heterocycles. The van der Waals surface area contributed by atoms with Gasteiger partial charge in [0.15, 0.2) is 5.69 Å². The number of nitrogens with zero attached hydrogens (tertiary/aromatic N) is 2. The third-order valence-electron chi connectivity index (χ3n) is 4.01. The van der Waals surface area contributed by atoms with Gasteiger partial charge in [0.2, 0.25) is 5.91 Å². The highest BCUT2D eigenvalue weighted by Gasteiger charge is 2.13. The number of aromatic nitrogens is 2. The van der Waals surface area contributed by atoms with Crippen LogP contribution in [0, 0.1) is 0 Å². The molecule has 1 aliphatic carbocycles. The van der Waals surface area contributed by atoms with Crippen molar-refractivity contribution in [1.82, 2.24) is 9.78 Å². The first-order valence-corrected chi connectivity index (χ1v) is 7.99. The van der Waals surface area contributed by atoms with Crippen LogP contribution < -0.4 is 5.32 Å². The Morgan fingerprint density at radius 1 is 1.21 bits per heavy atom. The Hall–Kier alpha value is -2.89. The van der Waals surface area contributed by atoms with Gasteiger partial charge in [0.1, 0.15) is 0 Å². The molecule has 1 heterocycles. The van der Waals surface area contributed by atoms with Gasteiger partial charge in [-0.1, -0.05) is 23.8 Å². The van der Waals surface area contributed by atoms with Crippen LogP contribution in [0.4, 0.5) is 5.69 Å². The molecule has 0 unspecified atom stereocenters. The summed E-state index contributed by atoms with van der Waals surface area (Å²) in [6, 6.07) is 8.63. The van der Waals surface area contributed by atoms with E-state index < -0.39 is 5.97 Å². The normalized spacial score (nSPS) is 14.1. The molecule has 0 bridgehead atoms. The summed E-state index contributed by atoms with van der Waals surface area (Å²) in [6.07, 6.45) is 8.48. The van der Waals surface area contributed by atoms with E-state index in [4.69, 9.17) is 5.11 Å². The van der Waals surface area contributed by atoms with Crippen LogP contribution in [0.3, 0.4) is 0 Å². The number of carbonyl (C=O) groups excluding carboxylic acids is 1. The molecular weight excluding hydrogens is 306 g/mol. The number of aromatic carboxylic acids is 1. The van der Waals surface area contributed by atoms with E-state index in [2.05, 4.69) is 16.5 Å². The highest BCUT2D eigenvalue weighted by Crippen LogP contribution is 2.23. The van der Waals surface area contributed by atoms with E-state index in [-0.39, 0.29) is 11.6 Å². The molecule has 0 aliphatic heterocycles. The molecule has 0 spiro atoms. The van der Waals surface area contributed by atoms with Crippen LogP contribution in [0.1, 0.15) is 42.6 Å². The summed E-state index contributed by atoms with van der Waals surface area (Å²) >= 11 is 0. The number of carboxylic acids is 1. The summed E-state index contributed by atoms with van der Waals surface area (Å²) in [5.74, 6) is -1.15. The zero-order valence-corrected chi connectivity index (χ0v) is 13.2. The minimum absolute atomic E-state index is 0.0384. The van der Waals surface area contributed by atoms with Gasteiger partial charge in [-0.15, -0.1) is 0 Å². The maximum Gasteiger partial charge on any atom is 0.356 e. The topological polar surface area (TPSA) is 84.2 Å². The fourth-order valence-electron chi connectivity index (χ4n) is 2.82. The molecule has 6 heteroatoms. The second-order valence-corrected chi connectivity index (χ2v) is 5.80. The second kappa shape index (κ2) is 7.12. The smallest absolute Gasteiger partial charge is 0.356 e. The zero-order chi connectivity index (χ0) is 16.9. The number of rotatable bonds is 5. The van der Waals surface area contributed by atoms with Gasteiger partial charge in [-0.05, 0) is 43.9 Å². The van der Waals surface area contributed by atoms with Crippen LogP contribution in [0.2, 0.25) is 0 Å². The maximum atomic E-state index is 12.3. The van der Waals surface area contributed by atoms with E-state index in [1.165, 1.54) is 22.7 Å². The first-order chi connectivity index (χ1) is 11.6. The standard InChI is InChI=1S/C18H19N3O3/c22-17(12-13-6-2-1-3-7-13)19-14-8-4-5-9-16(14)21-11-10-15(20-21)18(23)24/h4-6,8-11H,1-3,7,12H2,(H,19,22)(H,23,24). The van der Waals surface area contributed by atoms with Crippen molar-refractivity contribution in [2.75, 3.05) is 5.32 Å². The van der Waals surface area contributed by atoms with Crippen LogP contribution >= 0.6 is 0 Å². The number of amides is 1. The lowest BCUT2D eigenvalue weighted by atomic mass is 9.97. The van der Waals surface area contributed by atoms with Crippen molar-refractivity contribution in [3.63, 3.8) is 0 Å². The van der Waals surface area contributed by atoms with Gasteiger partial charge in [-0.2, -0.15) is 5.10 Å². The van der Waals surface area contributed by atoms with Crippen LogP contribution in [-0.4, -0.2) is 26.8 Å². The molecule has 1 aliphatic rings. The quantitative estimate of drug-likeness (QED) is 0.825. The van der Waals surface area contributed by atoms with Gasteiger partial charge < -0.3 is 10.4 Å². The van der Waals surface area contributed by atoms with E-state index in [0.29, 0.717) is 17.8 Å². The van der Waals surface area contributed by atoms with Crippen molar-refractivity contribution in [3.05, 3.63) is 53.9 Å². The van der Waals surface area contributed by atoms with Gasteiger partial charge in [0.05, 0.1) is 11.4 Å². The first kappa shape index (κ1) is 16.0. The van der Waals surface area contributed by atoms with Crippen molar-refractivity contribution in [3.8, 4) is 5.69 Å². The summed E-state index contributed by atoms with van der Waals surface area (Å²) in [5, 5.41) is 15.9. The van der Waals surface area contributed by atoms with E-state index in [1.54, 1.807) is 18.3 Å². The summed E-state index contributed by atoms with van der Waals surface area (Å²) in [6.45, 7) is 0. The van der Waals surface area contributed by atoms with Gasteiger partial charge in [0, 0.05) is 12.6 Å².